The van der Waals surface area contributed by atoms with Crippen molar-refractivity contribution in [3.05, 3.63) is 35.6 Å². The van der Waals surface area contributed by atoms with Crippen molar-refractivity contribution in [2.24, 2.45) is 0 Å². The first kappa shape index (κ1) is 18.1. The molecule has 1 aromatic carbocycles. The van der Waals surface area contributed by atoms with Crippen molar-refractivity contribution in [1.29, 1.82) is 0 Å². The van der Waals surface area contributed by atoms with E-state index in [4.69, 9.17) is 4.74 Å². The maximum absolute atomic E-state index is 13.2. The second-order valence-corrected chi connectivity index (χ2v) is 6.87. The summed E-state index contributed by atoms with van der Waals surface area (Å²) in [6.07, 6.45) is 3.74. The van der Waals surface area contributed by atoms with Crippen LogP contribution in [0, 0.1) is 5.82 Å². The van der Waals surface area contributed by atoms with Crippen molar-refractivity contribution in [2.45, 2.75) is 31.7 Å². The second kappa shape index (κ2) is 9.15. The smallest absolute Gasteiger partial charge is 0.317 e. The zero-order valence-electron chi connectivity index (χ0n) is 14.8. The highest BCUT2D eigenvalue weighted by atomic mass is 19.1. The largest absolute Gasteiger partial charge is 0.379 e. The molecule has 2 saturated heterocycles. The average molecular weight is 349 g/mol. The number of likely N-dealkylation sites (tertiary alicyclic amines) is 1. The molecule has 2 heterocycles. The number of nitrogens with zero attached hydrogens (tertiary/aromatic N) is 2. The van der Waals surface area contributed by atoms with Gasteiger partial charge in [0.25, 0.3) is 0 Å². The summed E-state index contributed by atoms with van der Waals surface area (Å²) >= 11 is 0. The molecule has 2 fully saturated rings. The lowest BCUT2D eigenvalue weighted by atomic mass is 10.1. The van der Waals surface area contributed by atoms with Crippen LogP contribution < -0.4 is 5.32 Å². The number of benzene rings is 1. The number of hydrogen-bond acceptors (Lipinski definition) is 3. The predicted octanol–water partition coefficient (Wildman–Crippen LogP) is 2.26. The molecule has 0 aliphatic carbocycles. The standard InChI is InChI=1S/C19H28FN3O2/c20-17-6-1-4-16(14-17)5-2-8-21-19(24)23-9-3-7-18(23)15-22-10-12-25-13-11-22/h1,4,6,14,18H,2-3,5,7-13,15H2,(H,21,24)/t18-/m0/s1. The summed E-state index contributed by atoms with van der Waals surface area (Å²) in [6.45, 7) is 5.90. The normalized spacial score (nSPS) is 21.5. The maximum Gasteiger partial charge on any atom is 0.317 e. The van der Waals surface area contributed by atoms with Crippen LogP contribution in [0.25, 0.3) is 0 Å². The summed E-state index contributed by atoms with van der Waals surface area (Å²) in [5, 5.41) is 3.03. The molecule has 0 spiro atoms. The lowest BCUT2D eigenvalue weighted by Crippen LogP contribution is -2.49. The summed E-state index contributed by atoms with van der Waals surface area (Å²) < 4.78 is 18.5. The molecule has 2 amide bonds. The van der Waals surface area contributed by atoms with Gasteiger partial charge in [-0.2, -0.15) is 0 Å². The second-order valence-electron chi connectivity index (χ2n) is 6.87. The third-order valence-corrected chi connectivity index (χ3v) is 5.02. The van der Waals surface area contributed by atoms with E-state index in [0.717, 1.165) is 70.6 Å². The van der Waals surface area contributed by atoms with E-state index < -0.39 is 0 Å². The molecule has 3 rings (SSSR count). The molecular formula is C19H28FN3O2. The minimum absolute atomic E-state index is 0.0370. The van der Waals surface area contributed by atoms with Crippen molar-refractivity contribution < 1.29 is 13.9 Å². The lowest BCUT2D eigenvalue weighted by Gasteiger charge is -2.32. The van der Waals surface area contributed by atoms with Crippen LogP contribution in [-0.4, -0.2) is 67.8 Å². The topological polar surface area (TPSA) is 44.8 Å². The van der Waals surface area contributed by atoms with Crippen LogP contribution in [0.5, 0.6) is 0 Å². The molecule has 0 saturated carbocycles. The molecule has 0 unspecified atom stereocenters. The van der Waals surface area contributed by atoms with Crippen molar-refractivity contribution in [1.82, 2.24) is 15.1 Å². The molecule has 2 aliphatic rings. The van der Waals surface area contributed by atoms with Crippen LogP contribution in [0.15, 0.2) is 24.3 Å². The Morgan fingerprint density at radius 3 is 2.92 bits per heavy atom. The molecule has 6 heteroatoms. The molecule has 1 atom stereocenters. The van der Waals surface area contributed by atoms with E-state index in [9.17, 15) is 9.18 Å². The Hall–Kier alpha value is -1.66. The number of rotatable bonds is 6. The molecule has 1 aromatic rings. The van der Waals surface area contributed by atoms with Crippen molar-refractivity contribution >= 4 is 6.03 Å². The van der Waals surface area contributed by atoms with E-state index in [1.807, 2.05) is 11.0 Å². The number of halogens is 1. The van der Waals surface area contributed by atoms with Gasteiger partial charge in [0, 0.05) is 38.8 Å². The van der Waals surface area contributed by atoms with Crippen molar-refractivity contribution in [3.63, 3.8) is 0 Å². The fraction of sp³-hybridized carbons (Fsp3) is 0.632. The van der Waals surface area contributed by atoms with Gasteiger partial charge < -0.3 is 15.0 Å². The van der Waals surface area contributed by atoms with E-state index >= 15 is 0 Å². The minimum atomic E-state index is -0.204. The first-order valence-corrected chi connectivity index (χ1v) is 9.31. The minimum Gasteiger partial charge on any atom is -0.379 e. The first-order chi connectivity index (χ1) is 12.2. The molecule has 138 valence electrons. The van der Waals surface area contributed by atoms with Crippen molar-refractivity contribution in [3.8, 4) is 0 Å². The molecular weight excluding hydrogens is 321 g/mol. The van der Waals surface area contributed by atoms with Gasteiger partial charge in [-0.05, 0) is 43.4 Å². The van der Waals surface area contributed by atoms with Crippen LogP contribution in [0.4, 0.5) is 9.18 Å². The summed E-state index contributed by atoms with van der Waals surface area (Å²) in [5.41, 5.74) is 0.973. The zero-order chi connectivity index (χ0) is 17.5. The Balaban J connectivity index is 1.39. The van der Waals surface area contributed by atoms with E-state index in [-0.39, 0.29) is 11.8 Å². The van der Waals surface area contributed by atoms with Gasteiger partial charge in [-0.15, -0.1) is 0 Å². The summed E-state index contributed by atoms with van der Waals surface area (Å²) in [6, 6.07) is 7.00. The van der Waals surface area contributed by atoms with Crippen LogP contribution in [0.1, 0.15) is 24.8 Å². The van der Waals surface area contributed by atoms with Gasteiger partial charge in [0.05, 0.1) is 13.2 Å². The van der Waals surface area contributed by atoms with Gasteiger partial charge in [-0.25, -0.2) is 9.18 Å². The lowest BCUT2D eigenvalue weighted by molar-refractivity contribution is 0.0292. The monoisotopic (exact) mass is 349 g/mol. The summed E-state index contributed by atoms with van der Waals surface area (Å²) in [7, 11) is 0. The van der Waals surface area contributed by atoms with Crippen LogP contribution >= 0.6 is 0 Å². The highest BCUT2D eigenvalue weighted by Crippen LogP contribution is 2.19. The quantitative estimate of drug-likeness (QED) is 0.802. The Morgan fingerprint density at radius 2 is 2.12 bits per heavy atom. The van der Waals surface area contributed by atoms with Gasteiger partial charge in [0.15, 0.2) is 0 Å². The van der Waals surface area contributed by atoms with Gasteiger partial charge in [-0.1, -0.05) is 12.1 Å². The number of morpholine rings is 1. The molecule has 1 N–H and O–H groups in total. The molecule has 5 nitrogen and oxygen atoms in total. The number of carbonyl (C=O) groups is 1. The van der Waals surface area contributed by atoms with Crippen LogP contribution in [-0.2, 0) is 11.2 Å². The third-order valence-electron chi connectivity index (χ3n) is 5.02. The van der Waals surface area contributed by atoms with Gasteiger partial charge in [-0.3, -0.25) is 4.90 Å². The first-order valence-electron chi connectivity index (χ1n) is 9.31. The number of hydrogen-bond donors (Lipinski definition) is 1. The molecule has 2 aliphatic heterocycles. The Labute approximate surface area is 149 Å². The number of nitrogens with one attached hydrogen (secondary N) is 1. The fourth-order valence-electron chi connectivity index (χ4n) is 3.66. The fourth-order valence-corrected chi connectivity index (χ4v) is 3.66. The molecule has 0 aromatic heterocycles. The average Bonchev–Trinajstić information content (AvgIpc) is 3.08. The number of carbonyl (C=O) groups excluding carboxylic acids is 1. The number of ether oxygens (including phenoxy) is 1. The number of aryl methyl sites for hydroxylation is 1. The maximum atomic E-state index is 13.2. The van der Waals surface area contributed by atoms with Crippen molar-refractivity contribution in [2.75, 3.05) is 45.9 Å². The van der Waals surface area contributed by atoms with E-state index in [1.54, 1.807) is 12.1 Å². The molecule has 0 bridgehead atoms. The van der Waals surface area contributed by atoms with E-state index in [1.165, 1.54) is 6.07 Å². The molecule has 25 heavy (non-hydrogen) atoms. The van der Waals surface area contributed by atoms with Crippen LogP contribution in [0.3, 0.4) is 0 Å². The predicted molar refractivity (Wildman–Crippen MR) is 95.1 cm³/mol. The summed E-state index contributed by atoms with van der Waals surface area (Å²) in [4.78, 5) is 16.9. The Kier molecular flexibility index (Phi) is 6.64. The summed E-state index contributed by atoms with van der Waals surface area (Å²) in [5.74, 6) is -0.204. The van der Waals surface area contributed by atoms with Gasteiger partial charge in [0.2, 0.25) is 0 Å². The van der Waals surface area contributed by atoms with E-state index in [0.29, 0.717) is 12.6 Å². The molecule has 0 radical (unpaired) electrons. The Bertz CT molecular complexity index is 563. The Morgan fingerprint density at radius 1 is 1.28 bits per heavy atom. The number of urea groups is 1. The number of amides is 2. The zero-order valence-corrected chi connectivity index (χ0v) is 14.8. The third kappa shape index (κ3) is 5.41. The SMILES string of the molecule is O=C(NCCCc1cccc(F)c1)N1CCC[C@H]1CN1CCOCC1. The van der Waals surface area contributed by atoms with Crippen LogP contribution in [0.2, 0.25) is 0 Å². The van der Waals surface area contributed by atoms with E-state index in [2.05, 4.69) is 10.2 Å². The highest BCUT2D eigenvalue weighted by molar-refractivity contribution is 5.74. The van der Waals surface area contributed by atoms with Gasteiger partial charge >= 0.3 is 6.03 Å². The van der Waals surface area contributed by atoms with Gasteiger partial charge in [0.1, 0.15) is 5.82 Å². The highest BCUT2D eigenvalue weighted by Gasteiger charge is 2.30.